The minimum atomic E-state index is -2.19. The molecular formula is C26H37N3O5SSi. The molecule has 4 rings (SSSR count). The van der Waals surface area contributed by atoms with Gasteiger partial charge in [0.25, 0.3) is 0 Å². The first-order valence-corrected chi connectivity index (χ1v) is 16.1. The van der Waals surface area contributed by atoms with E-state index >= 15 is 0 Å². The Kier molecular flexibility index (Phi) is 6.52. The Balaban J connectivity index is 1.82. The minimum absolute atomic E-state index is 0.00132. The zero-order chi connectivity index (χ0) is 26.7. The van der Waals surface area contributed by atoms with E-state index < -0.39 is 20.2 Å². The molecule has 36 heavy (non-hydrogen) atoms. The van der Waals surface area contributed by atoms with Crippen molar-refractivity contribution in [3.8, 4) is 11.4 Å². The summed E-state index contributed by atoms with van der Waals surface area (Å²) in [7, 11) is -2.19. The lowest BCUT2D eigenvalue weighted by atomic mass is 9.76. The van der Waals surface area contributed by atoms with E-state index in [2.05, 4.69) is 70.9 Å². The zero-order valence-corrected chi connectivity index (χ0v) is 24.2. The molecule has 1 amide bonds. The molecule has 196 valence electrons. The predicted octanol–water partition coefficient (Wildman–Crippen LogP) is 6.43. The van der Waals surface area contributed by atoms with E-state index in [4.69, 9.17) is 8.95 Å². The molecule has 10 heteroatoms. The smallest absolute Gasteiger partial charge is 0.439 e. The molecule has 1 saturated heterocycles. The highest BCUT2D eigenvalue weighted by Crippen LogP contribution is 2.54. The van der Waals surface area contributed by atoms with Crippen LogP contribution in [0.1, 0.15) is 59.9 Å². The number of benzene rings is 1. The Bertz CT molecular complexity index is 1250. The van der Waals surface area contributed by atoms with Gasteiger partial charge in [0.1, 0.15) is 5.76 Å². The molecule has 2 aliphatic rings. The number of aromatic amines is 1. The molecule has 2 aliphatic heterocycles. The summed E-state index contributed by atoms with van der Waals surface area (Å²) in [5.41, 5.74) is 1.50. The van der Waals surface area contributed by atoms with Gasteiger partial charge in [-0.05, 0) is 60.7 Å². The number of rotatable bonds is 3. The molecule has 8 nitrogen and oxygen atoms in total. The third-order valence-corrected chi connectivity index (χ3v) is 13.6. The van der Waals surface area contributed by atoms with Crippen LogP contribution in [0.4, 0.5) is 4.79 Å². The highest BCUT2D eigenvalue weighted by molar-refractivity contribution is 8.01. The number of likely N-dealkylation sites (tertiary alicyclic amines) is 1. The van der Waals surface area contributed by atoms with E-state index in [-0.39, 0.29) is 21.2 Å². The second-order valence-corrected chi connectivity index (χ2v) is 18.7. The number of nitrogens with zero attached hydrogens (tertiary/aromatic N) is 2. The topological polar surface area (TPSA) is 109 Å². The van der Waals surface area contributed by atoms with Crippen LogP contribution in [-0.4, -0.2) is 51.9 Å². The third-order valence-electron chi connectivity index (χ3n) is 7.77. The fourth-order valence-corrected chi connectivity index (χ4v) is 7.09. The van der Waals surface area contributed by atoms with Crippen LogP contribution in [-0.2, 0) is 4.43 Å². The van der Waals surface area contributed by atoms with E-state index in [1.165, 1.54) is 0 Å². The van der Waals surface area contributed by atoms with E-state index in [9.17, 15) is 14.7 Å². The van der Waals surface area contributed by atoms with E-state index in [1.807, 2.05) is 18.2 Å². The van der Waals surface area contributed by atoms with E-state index in [0.717, 1.165) is 21.8 Å². The van der Waals surface area contributed by atoms with Crippen molar-refractivity contribution in [3.63, 3.8) is 0 Å². The van der Waals surface area contributed by atoms with Gasteiger partial charge in [-0.1, -0.05) is 46.7 Å². The van der Waals surface area contributed by atoms with Gasteiger partial charge < -0.3 is 14.4 Å². The van der Waals surface area contributed by atoms with Gasteiger partial charge in [0, 0.05) is 33.4 Å². The number of thioether (sulfide) groups is 1. The van der Waals surface area contributed by atoms with Crippen LogP contribution in [0.3, 0.4) is 0 Å². The van der Waals surface area contributed by atoms with Crippen LogP contribution in [0.15, 0.2) is 38.5 Å². The molecule has 2 N–H and O–H groups in total. The minimum Gasteiger partial charge on any atom is -0.543 e. The van der Waals surface area contributed by atoms with Crippen LogP contribution >= 0.6 is 11.8 Å². The molecule has 1 aromatic heterocycles. The summed E-state index contributed by atoms with van der Waals surface area (Å²) >= 11 is 1.78. The molecule has 1 spiro atoms. The lowest BCUT2D eigenvalue weighted by Gasteiger charge is -2.50. The van der Waals surface area contributed by atoms with Gasteiger partial charge in [-0.15, -0.1) is 11.8 Å². The fraction of sp³-hybridized carbons (Fsp3) is 0.577. The lowest BCUT2D eigenvalue weighted by molar-refractivity contribution is 0.0536. The number of carboxylic acid groups (broad SMARTS) is 1. The first-order valence-electron chi connectivity index (χ1n) is 12.3. The second kappa shape index (κ2) is 8.83. The van der Waals surface area contributed by atoms with Crippen LogP contribution in [0.25, 0.3) is 17.1 Å². The number of nitrogens with one attached hydrogen (secondary N) is 1. The average Bonchev–Trinajstić information content (AvgIpc) is 3.18. The molecule has 0 radical (unpaired) electrons. The van der Waals surface area contributed by atoms with Crippen molar-refractivity contribution in [1.82, 2.24) is 15.0 Å². The number of carbonyl (C=O) groups is 1. The molecule has 2 aromatic rings. The van der Waals surface area contributed by atoms with Gasteiger partial charge >= 0.3 is 11.8 Å². The quantitative estimate of drug-likeness (QED) is 0.440. The maximum absolute atomic E-state index is 12.1. The van der Waals surface area contributed by atoms with Crippen molar-refractivity contribution in [2.75, 3.05) is 6.54 Å². The number of aromatic nitrogens is 2. The Hall–Kier alpha value is -2.46. The van der Waals surface area contributed by atoms with Gasteiger partial charge in [-0.2, -0.15) is 0 Å². The molecular weight excluding hydrogens is 494 g/mol. The number of H-pyrrole nitrogens is 1. The molecule has 3 heterocycles. The van der Waals surface area contributed by atoms with Crippen molar-refractivity contribution in [3.05, 3.63) is 40.4 Å². The fourth-order valence-electron chi connectivity index (χ4n) is 4.62. The Morgan fingerprint density at radius 1 is 1.28 bits per heavy atom. The second-order valence-electron chi connectivity index (χ2n) is 12.5. The number of amides is 1. The van der Waals surface area contributed by atoms with Crippen molar-refractivity contribution in [2.45, 2.75) is 88.2 Å². The lowest BCUT2D eigenvalue weighted by Crippen LogP contribution is -2.55. The van der Waals surface area contributed by atoms with Gasteiger partial charge in [0.05, 0.1) is 0 Å². The van der Waals surface area contributed by atoms with Crippen LogP contribution in [0, 0.1) is 5.41 Å². The monoisotopic (exact) mass is 531 g/mol. The van der Waals surface area contributed by atoms with E-state index in [1.54, 1.807) is 16.7 Å². The molecule has 1 aromatic carbocycles. The predicted molar refractivity (Wildman–Crippen MR) is 145 cm³/mol. The van der Waals surface area contributed by atoms with E-state index in [0.29, 0.717) is 25.2 Å². The molecule has 2 unspecified atom stereocenters. The Morgan fingerprint density at radius 2 is 1.97 bits per heavy atom. The summed E-state index contributed by atoms with van der Waals surface area (Å²) in [6, 6.07) is 5.84. The normalized spacial score (nSPS) is 22.8. The summed E-state index contributed by atoms with van der Waals surface area (Å²) in [6.07, 6.45) is 2.79. The van der Waals surface area contributed by atoms with Gasteiger partial charge in [-0.3, -0.25) is 9.51 Å². The largest absolute Gasteiger partial charge is 0.543 e. The van der Waals surface area contributed by atoms with Crippen molar-refractivity contribution < 1.29 is 18.9 Å². The van der Waals surface area contributed by atoms with Crippen molar-refractivity contribution in [1.29, 1.82) is 0 Å². The zero-order valence-electron chi connectivity index (χ0n) is 22.4. The molecule has 0 aliphatic carbocycles. The Labute approximate surface area is 217 Å². The molecule has 0 bridgehead atoms. The number of hydrogen-bond donors (Lipinski definition) is 2. The van der Waals surface area contributed by atoms with Crippen LogP contribution in [0.2, 0.25) is 18.1 Å². The Morgan fingerprint density at radius 3 is 2.53 bits per heavy atom. The maximum atomic E-state index is 12.1. The summed E-state index contributed by atoms with van der Waals surface area (Å²) in [4.78, 5) is 28.9. The highest BCUT2D eigenvalue weighted by Gasteiger charge is 2.48. The number of fused-ring (bicyclic) bond motifs is 1. The summed E-state index contributed by atoms with van der Waals surface area (Å²) in [5.74, 6) is 0.615. The summed E-state index contributed by atoms with van der Waals surface area (Å²) < 4.78 is 11.4. The number of piperidine rings is 1. The van der Waals surface area contributed by atoms with Crippen molar-refractivity contribution >= 4 is 31.9 Å². The molecule has 1 fully saturated rings. The first kappa shape index (κ1) is 26.6. The van der Waals surface area contributed by atoms with Crippen LogP contribution < -0.4 is 5.76 Å². The van der Waals surface area contributed by atoms with Gasteiger partial charge in [-0.25, -0.2) is 9.59 Å². The summed E-state index contributed by atoms with van der Waals surface area (Å²) in [6.45, 7) is 17.9. The van der Waals surface area contributed by atoms with Gasteiger partial charge in [0.15, 0.2) is 5.82 Å². The third kappa shape index (κ3) is 5.02. The number of hydrogen-bond acceptors (Lipinski definition) is 6. The standard InChI is InChI=1S/C26H37N3O5SSi/c1-24(2,3)20-15-26(11-12-29(20)23(31)32)14-18(34-36(7,8)25(4,5)6)17-13-16(9-10-19(17)35-26)21-27-22(30)33-28-21/h9-10,13-14,20H,11-12,15H2,1-8H3,(H,31,32)(H,27,28,30). The first-order chi connectivity index (χ1) is 16.5. The average molecular weight is 532 g/mol. The maximum Gasteiger partial charge on any atom is 0.439 e. The molecule has 0 saturated carbocycles. The molecule has 2 atom stereocenters. The SMILES string of the molecule is CC(C)(C)C1CC2(C=C(O[Si](C)(C)C(C)(C)C)c3cc(-c4noc(=O)[nH]4)ccc3S2)CCN1C(=O)O. The van der Waals surface area contributed by atoms with Gasteiger partial charge in [0.2, 0.25) is 8.32 Å². The highest BCUT2D eigenvalue weighted by atomic mass is 32.2. The van der Waals surface area contributed by atoms with Crippen LogP contribution in [0.5, 0.6) is 0 Å². The summed E-state index contributed by atoms with van der Waals surface area (Å²) in [5, 5.41) is 13.8. The van der Waals surface area contributed by atoms with Crippen molar-refractivity contribution in [2.24, 2.45) is 5.41 Å².